The molecule has 0 amide bonds. The Labute approximate surface area is 126 Å². The highest BCUT2D eigenvalue weighted by molar-refractivity contribution is 5.25. The maximum atomic E-state index is 3.49. The third-order valence-corrected chi connectivity index (χ3v) is 4.33. The molecule has 0 aliphatic rings. The minimum atomic E-state index is 0.688. The van der Waals surface area contributed by atoms with Crippen molar-refractivity contribution in [2.75, 3.05) is 13.1 Å². The van der Waals surface area contributed by atoms with Gasteiger partial charge in [-0.05, 0) is 68.2 Å². The molecule has 1 aromatic carbocycles. The van der Waals surface area contributed by atoms with Crippen LogP contribution in [-0.4, -0.2) is 13.1 Å². The average molecular weight is 275 g/mol. The third kappa shape index (κ3) is 6.56. The van der Waals surface area contributed by atoms with Gasteiger partial charge in [0.1, 0.15) is 0 Å². The molecule has 0 aliphatic carbocycles. The van der Waals surface area contributed by atoms with E-state index < -0.39 is 0 Å². The molecule has 0 aromatic heterocycles. The van der Waals surface area contributed by atoms with Gasteiger partial charge in [-0.3, -0.25) is 0 Å². The molecule has 2 unspecified atom stereocenters. The zero-order valence-electron chi connectivity index (χ0n) is 13.9. The monoisotopic (exact) mass is 275 g/mol. The zero-order chi connectivity index (χ0) is 14.8. The second kappa shape index (κ2) is 9.99. The van der Waals surface area contributed by atoms with E-state index in [1.165, 1.54) is 49.8 Å². The fourth-order valence-corrected chi connectivity index (χ4v) is 2.46. The Morgan fingerprint density at radius 2 is 1.65 bits per heavy atom. The summed E-state index contributed by atoms with van der Waals surface area (Å²) in [6.45, 7) is 11.5. The first kappa shape index (κ1) is 17.2. The van der Waals surface area contributed by atoms with E-state index in [0.29, 0.717) is 5.92 Å². The zero-order valence-corrected chi connectivity index (χ0v) is 13.9. The molecule has 1 heteroatoms. The van der Waals surface area contributed by atoms with Gasteiger partial charge in [0.25, 0.3) is 0 Å². The van der Waals surface area contributed by atoms with E-state index in [2.05, 4.69) is 57.3 Å². The van der Waals surface area contributed by atoms with Crippen LogP contribution in [0.3, 0.4) is 0 Å². The van der Waals surface area contributed by atoms with Crippen molar-refractivity contribution in [3.63, 3.8) is 0 Å². The summed E-state index contributed by atoms with van der Waals surface area (Å²) in [5, 5.41) is 3.49. The van der Waals surface area contributed by atoms with E-state index in [-0.39, 0.29) is 0 Å². The molecular formula is C19H33N. The van der Waals surface area contributed by atoms with Crippen LogP contribution >= 0.6 is 0 Å². The van der Waals surface area contributed by atoms with E-state index >= 15 is 0 Å². The van der Waals surface area contributed by atoms with E-state index in [9.17, 15) is 0 Å². The van der Waals surface area contributed by atoms with Gasteiger partial charge in [0.15, 0.2) is 0 Å². The molecule has 0 aliphatic heterocycles. The van der Waals surface area contributed by atoms with Crippen molar-refractivity contribution < 1.29 is 0 Å². The van der Waals surface area contributed by atoms with Gasteiger partial charge in [-0.15, -0.1) is 0 Å². The second-order valence-electron chi connectivity index (χ2n) is 6.23. The molecule has 0 heterocycles. The van der Waals surface area contributed by atoms with Crippen molar-refractivity contribution in [2.24, 2.45) is 5.92 Å². The molecule has 1 nitrogen and oxygen atoms in total. The molecule has 0 radical (unpaired) electrons. The summed E-state index contributed by atoms with van der Waals surface area (Å²) in [5.41, 5.74) is 2.97. The summed E-state index contributed by atoms with van der Waals surface area (Å²) < 4.78 is 0. The third-order valence-electron chi connectivity index (χ3n) is 4.33. The largest absolute Gasteiger partial charge is 0.317 e. The maximum Gasteiger partial charge on any atom is -0.00464 e. The van der Waals surface area contributed by atoms with E-state index in [1.807, 2.05) is 0 Å². The fourth-order valence-electron chi connectivity index (χ4n) is 2.46. The Bertz CT molecular complexity index is 341. The molecule has 0 spiro atoms. The molecule has 114 valence electrons. The first-order chi connectivity index (χ1) is 9.67. The standard InChI is InChI=1S/C19H33N/c1-5-14-20-15-13-16(3)7-8-18-9-11-19(12-10-18)17(4)6-2/h9-12,16-17,20H,5-8,13-15H2,1-4H3. The predicted molar refractivity (Wildman–Crippen MR) is 90.4 cm³/mol. The summed E-state index contributed by atoms with van der Waals surface area (Å²) in [6, 6.07) is 9.28. The Kier molecular flexibility index (Phi) is 8.60. The lowest BCUT2D eigenvalue weighted by molar-refractivity contribution is 0.470. The van der Waals surface area contributed by atoms with Crippen molar-refractivity contribution >= 4 is 0 Å². The van der Waals surface area contributed by atoms with Crippen molar-refractivity contribution in [2.45, 2.75) is 65.7 Å². The van der Waals surface area contributed by atoms with Crippen LogP contribution in [-0.2, 0) is 6.42 Å². The van der Waals surface area contributed by atoms with Gasteiger partial charge in [-0.2, -0.15) is 0 Å². The Hall–Kier alpha value is -0.820. The summed E-state index contributed by atoms with van der Waals surface area (Å²) in [6.07, 6.45) is 6.27. The molecular weight excluding hydrogens is 242 g/mol. The van der Waals surface area contributed by atoms with Crippen molar-refractivity contribution in [3.8, 4) is 0 Å². The summed E-state index contributed by atoms with van der Waals surface area (Å²) >= 11 is 0. The van der Waals surface area contributed by atoms with Crippen LogP contribution in [0.1, 0.15) is 70.4 Å². The van der Waals surface area contributed by atoms with Gasteiger partial charge in [0.05, 0.1) is 0 Å². The van der Waals surface area contributed by atoms with Crippen LogP contribution in [0.5, 0.6) is 0 Å². The second-order valence-corrected chi connectivity index (χ2v) is 6.23. The molecule has 1 rings (SSSR count). The summed E-state index contributed by atoms with van der Waals surface area (Å²) in [5.74, 6) is 1.50. The number of benzene rings is 1. The highest BCUT2D eigenvalue weighted by Crippen LogP contribution is 2.20. The van der Waals surface area contributed by atoms with Crippen molar-refractivity contribution in [3.05, 3.63) is 35.4 Å². The smallest absolute Gasteiger partial charge is 0.00464 e. The van der Waals surface area contributed by atoms with Gasteiger partial charge in [-0.25, -0.2) is 0 Å². The summed E-state index contributed by atoms with van der Waals surface area (Å²) in [4.78, 5) is 0. The van der Waals surface area contributed by atoms with Crippen LogP contribution in [0.15, 0.2) is 24.3 Å². The van der Waals surface area contributed by atoms with E-state index in [4.69, 9.17) is 0 Å². The van der Waals surface area contributed by atoms with Gasteiger partial charge < -0.3 is 5.32 Å². The molecule has 0 saturated heterocycles. The molecule has 0 fully saturated rings. The van der Waals surface area contributed by atoms with Gasteiger partial charge in [-0.1, -0.05) is 52.0 Å². The first-order valence-electron chi connectivity index (χ1n) is 8.46. The number of hydrogen-bond donors (Lipinski definition) is 1. The molecule has 2 atom stereocenters. The van der Waals surface area contributed by atoms with E-state index in [1.54, 1.807) is 0 Å². The van der Waals surface area contributed by atoms with Crippen LogP contribution in [0.2, 0.25) is 0 Å². The van der Waals surface area contributed by atoms with E-state index in [0.717, 1.165) is 12.5 Å². The SMILES string of the molecule is CCCNCCC(C)CCc1ccc(C(C)CC)cc1. The highest BCUT2D eigenvalue weighted by atomic mass is 14.8. The lowest BCUT2D eigenvalue weighted by atomic mass is 9.94. The number of nitrogens with one attached hydrogen (secondary N) is 1. The number of rotatable bonds is 10. The predicted octanol–water partition coefficient (Wildman–Crippen LogP) is 5.16. The molecule has 0 saturated carbocycles. The molecule has 20 heavy (non-hydrogen) atoms. The van der Waals surface area contributed by atoms with Gasteiger partial charge >= 0.3 is 0 Å². The Morgan fingerprint density at radius 1 is 0.950 bits per heavy atom. The lowest BCUT2D eigenvalue weighted by Gasteiger charge is -2.13. The maximum absolute atomic E-state index is 3.49. The average Bonchev–Trinajstić information content (AvgIpc) is 2.49. The van der Waals surface area contributed by atoms with Crippen molar-refractivity contribution in [1.29, 1.82) is 0 Å². The Morgan fingerprint density at radius 3 is 2.25 bits per heavy atom. The van der Waals surface area contributed by atoms with Crippen molar-refractivity contribution in [1.82, 2.24) is 5.32 Å². The fraction of sp³-hybridized carbons (Fsp3) is 0.684. The van der Waals surface area contributed by atoms with Gasteiger partial charge in [0, 0.05) is 0 Å². The lowest BCUT2D eigenvalue weighted by Crippen LogP contribution is -2.18. The highest BCUT2D eigenvalue weighted by Gasteiger charge is 2.05. The quantitative estimate of drug-likeness (QED) is 0.582. The summed E-state index contributed by atoms with van der Waals surface area (Å²) in [7, 11) is 0. The Balaban J connectivity index is 2.27. The minimum absolute atomic E-state index is 0.688. The molecule has 0 bridgehead atoms. The molecule has 1 aromatic rings. The normalized spacial score (nSPS) is 14.2. The van der Waals surface area contributed by atoms with Gasteiger partial charge in [0.2, 0.25) is 0 Å². The topological polar surface area (TPSA) is 12.0 Å². The van der Waals surface area contributed by atoms with Crippen LogP contribution in [0.4, 0.5) is 0 Å². The number of aryl methyl sites for hydroxylation is 1. The molecule has 1 N–H and O–H groups in total. The van der Waals surface area contributed by atoms with Crippen LogP contribution in [0.25, 0.3) is 0 Å². The minimum Gasteiger partial charge on any atom is -0.317 e. The van der Waals surface area contributed by atoms with Crippen LogP contribution in [0, 0.1) is 5.92 Å². The van der Waals surface area contributed by atoms with Crippen LogP contribution < -0.4 is 5.32 Å². The number of hydrogen-bond acceptors (Lipinski definition) is 1. The first-order valence-corrected chi connectivity index (χ1v) is 8.46.